The molecule has 0 fully saturated rings. The largest absolute Gasteiger partial charge is 0.350 e. The minimum Gasteiger partial charge on any atom is -0.350 e. The molecule has 4 rings (SSSR count). The molecular weight excluding hydrogens is 348 g/mol. The zero-order chi connectivity index (χ0) is 18.1. The second kappa shape index (κ2) is 6.84. The van der Waals surface area contributed by atoms with Gasteiger partial charge in [0.2, 0.25) is 5.91 Å². The Kier molecular flexibility index (Phi) is 4.38. The van der Waals surface area contributed by atoms with Crippen molar-refractivity contribution in [3.8, 4) is 0 Å². The molecule has 0 bridgehead atoms. The summed E-state index contributed by atoms with van der Waals surface area (Å²) in [5.41, 5.74) is 4.32. The van der Waals surface area contributed by atoms with E-state index >= 15 is 0 Å². The van der Waals surface area contributed by atoms with Gasteiger partial charge in [-0.25, -0.2) is 0 Å². The van der Waals surface area contributed by atoms with E-state index in [1.807, 2.05) is 49.4 Å². The van der Waals surface area contributed by atoms with Crippen molar-refractivity contribution in [3.05, 3.63) is 59.2 Å². The Morgan fingerprint density at radius 2 is 2.04 bits per heavy atom. The van der Waals surface area contributed by atoms with Crippen molar-refractivity contribution in [2.24, 2.45) is 0 Å². The van der Waals surface area contributed by atoms with Crippen molar-refractivity contribution in [1.29, 1.82) is 0 Å². The van der Waals surface area contributed by atoms with E-state index in [-0.39, 0.29) is 11.8 Å². The van der Waals surface area contributed by atoms with Crippen molar-refractivity contribution in [2.75, 3.05) is 0 Å². The third-order valence-electron chi connectivity index (χ3n) is 4.70. The number of fused-ring (bicyclic) bond motifs is 2. The SMILES string of the molecule is CCC(C(=O)NCc1ccc2nsnc2c1)N1Cc2ccccc2C1=O. The maximum atomic E-state index is 12.7. The van der Waals surface area contributed by atoms with E-state index in [1.165, 1.54) is 11.7 Å². The van der Waals surface area contributed by atoms with E-state index in [9.17, 15) is 9.59 Å². The summed E-state index contributed by atoms with van der Waals surface area (Å²) in [4.78, 5) is 27.0. The molecule has 2 amide bonds. The molecule has 0 saturated carbocycles. The van der Waals surface area contributed by atoms with E-state index in [4.69, 9.17) is 0 Å². The number of benzene rings is 2. The van der Waals surface area contributed by atoms with Gasteiger partial charge in [-0.05, 0) is 35.7 Å². The van der Waals surface area contributed by atoms with Crippen LogP contribution in [0.15, 0.2) is 42.5 Å². The van der Waals surface area contributed by atoms with E-state index in [0.29, 0.717) is 25.1 Å². The van der Waals surface area contributed by atoms with E-state index in [0.717, 1.165) is 22.2 Å². The smallest absolute Gasteiger partial charge is 0.255 e. The first-order valence-electron chi connectivity index (χ1n) is 8.55. The fourth-order valence-corrected chi connectivity index (χ4v) is 3.84. The first-order chi connectivity index (χ1) is 12.7. The second-order valence-corrected chi connectivity index (χ2v) is 6.85. The maximum absolute atomic E-state index is 12.7. The van der Waals surface area contributed by atoms with Gasteiger partial charge in [-0.3, -0.25) is 9.59 Å². The lowest BCUT2D eigenvalue weighted by Crippen LogP contribution is -2.46. The highest BCUT2D eigenvalue weighted by Crippen LogP contribution is 2.25. The number of nitrogens with zero attached hydrogens (tertiary/aromatic N) is 3. The molecule has 0 radical (unpaired) electrons. The number of amides is 2. The molecule has 1 N–H and O–H groups in total. The van der Waals surface area contributed by atoms with Crippen LogP contribution in [0.4, 0.5) is 0 Å². The Morgan fingerprint density at radius 3 is 2.85 bits per heavy atom. The highest BCUT2D eigenvalue weighted by Gasteiger charge is 2.34. The Bertz CT molecular complexity index is 984. The van der Waals surface area contributed by atoms with E-state index < -0.39 is 6.04 Å². The van der Waals surface area contributed by atoms with Gasteiger partial charge in [-0.2, -0.15) is 8.75 Å². The number of hydrogen-bond acceptors (Lipinski definition) is 5. The minimum absolute atomic E-state index is 0.0717. The fourth-order valence-electron chi connectivity index (χ4n) is 3.32. The lowest BCUT2D eigenvalue weighted by atomic mass is 10.1. The summed E-state index contributed by atoms with van der Waals surface area (Å²) in [6.45, 7) is 2.81. The number of rotatable bonds is 5. The summed E-state index contributed by atoms with van der Waals surface area (Å²) in [6, 6.07) is 12.8. The molecule has 6 nitrogen and oxygen atoms in total. The van der Waals surface area contributed by atoms with Crippen LogP contribution in [0.5, 0.6) is 0 Å². The van der Waals surface area contributed by atoms with Gasteiger partial charge in [-0.1, -0.05) is 31.2 Å². The predicted octanol–water partition coefficient (Wildman–Crippen LogP) is 2.74. The number of nitrogens with one attached hydrogen (secondary N) is 1. The Morgan fingerprint density at radius 1 is 1.23 bits per heavy atom. The average molecular weight is 366 g/mol. The van der Waals surface area contributed by atoms with E-state index in [1.54, 1.807) is 4.90 Å². The van der Waals surface area contributed by atoms with Crippen molar-refractivity contribution in [3.63, 3.8) is 0 Å². The molecular formula is C19H18N4O2S. The third kappa shape index (κ3) is 2.94. The van der Waals surface area contributed by atoms with Crippen LogP contribution in [0.3, 0.4) is 0 Å². The molecule has 26 heavy (non-hydrogen) atoms. The fraction of sp³-hybridized carbons (Fsp3) is 0.263. The standard InChI is InChI=1S/C19H18N4O2S/c1-2-17(23-11-13-5-3-4-6-14(13)19(23)25)18(24)20-10-12-7-8-15-16(9-12)22-26-21-15/h3-9,17H,2,10-11H2,1H3,(H,20,24). The average Bonchev–Trinajstić information content (AvgIpc) is 3.25. The molecule has 132 valence electrons. The van der Waals surface area contributed by atoms with Crippen LogP contribution < -0.4 is 5.32 Å². The summed E-state index contributed by atoms with van der Waals surface area (Å²) < 4.78 is 8.39. The summed E-state index contributed by atoms with van der Waals surface area (Å²) in [5.74, 6) is -0.206. The molecule has 2 heterocycles. The molecule has 2 aromatic carbocycles. The Labute approximate surface area is 155 Å². The zero-order valence-electron chi connectivity index (χ0n) is 14.3. The van der Waals surface area contributed by atoms with Crippen LogP contribution in [0.2, 0.25) is 0 Å². The van der Waals surface area contributed by atoms with Gasteiger partial charge in [0, 0.05) is 18.7 Å². The monoisotopic (exact) mass is 366 g/mol. The summed E-state index contributed by atoms with van der Waals surface area (Å²) >= 11 is 1.17. The van der Waals surface area contributed by atoms with Crippen LogP contribution in [0, 0.1) is 0 Å². The zero-order valence-corrected chi connectivity index (χ0v) is 15.1. The molecule has 1 aliphatic heterocycles. The van der Waals surface area contributed by atoms with Gasteiger partial charge in [0.1, 0.15) is 17.1 Å². The predicted molar refractivity (Wildman–Crippen MR) is 99.7 cm³/mol. The molecule has 0 aliphatic carbocycles. The van der Waals surface area contributed by atoms with Crippen LogP contribution in [0.25, 0.3) is 11.0 Å². The van der Waals surface area contributed by atoms with Gasteiger partial charge >= 0.3 is 0 Å². The third-order valence-corrected chi connectivity index (χ3v) is 5.26. The summed E-state index contributed by atoms with van der Waals surface area (Å²) in [6.07, 6.45) is 0.570. The van der Waals surface area contributed by atoms with Gasteiger partial charge in [0.15, 0.2) is 0 Å². The molecule has 1 atom stereocenters. The topological polar surface area (TPSA) is 75.2 Å². The van der Waals surface area contributed by atoms with Crippen molar-refractivity contribution in [1.82, 2.24) is 19.0 Å². The van der Waals surface area contributed by atoms with Gasteiger partial charge < -0.3 is 10.2 Å². The van der Waals surface area contributed by atoms with Crippen LogP contribution in [0.1, 0.15) is 34.8 Å². The molecule has 1 aromatic heterocycles. The van der Waals surface area contributed by atoms with Crippen LogP contribution >= 0.6 is 11.7 Å². The highest BCUT2D eigenvalue weighted by atomic mass is 32.1. The van der Waals surface area contributed by atoms with Gasteiger partial charge in [0.05, 0.1) is 11.7 Å². The minimum atomic E-state index is -0.473. The molecule has 3 aromatic rings. The normalized spacial score (nSPS) is 14.5. The van der Waals surface area contributed by atoms with Crippen LogP contribution in [-0.2, 0) is 17.9 Å². The Hall–Kier alpha value is -2.80. The van der Waals surface area contributed by atoms with Crippen molar-refractivity contribution >= 4 is 34.6 Å². The number of carbonyl (C=O) groups excluding carboxylic acids is 2. The number of carbonyl (C=O) groups is 2. The lowest BCUT2D eigenvalue weighted by Gasteiger charge is -2.25. The number of aromatic nitrogens is 2. The molecule has 7 heteroatoms. The van der Waals surface area contributed by atoms with Crippen LogP contribution in [-0.4, -0.2) is 31.5 Å². The van der Waals surface area contributed by atoms with Crippen molar-refractivity contribution < 1.29 is 9.59 Å². The number of hydrogen-bond donors (Lipinski definition) is 1. The van der Waals surface area contributed by atoms with Gasteiger partial charge in [-0.15, -0.1) is 0 Å². The summed E-state index contributed by atoms with van der Waals surface area (Å²) in [7, 11) is 0. The quantitative estimate of drug-likeness (QED) is 0.753. The first-order valence-corrected chi connectivity index (χ1v) is 9.28. The molecule has 1 unspecified atom stereocenters. The second-order valence-electron chi connectivity index (χ2n) is 6.32. The van der Waals surface area contributed by atoms with Crippen molar-refractivity contribution in [2.45, 2.75) is 32.5 Å². The molecule has 0 spiro atoms. The maximum Gasteiger partial charge on any atom is 0.255 e. The molecule has 1 aliphatic rings. The van der Waals surface area contributed by atoms with E-state index in [2.05, 4.69) is 14.1 Å². The first kappa shape index (κ1) is 16.7. The highest BCUT2D eigenvalue weighted by molar-refractivity contribution is 7.00. The van der Waals surface area contributed by atoms with Gasteiger partial charge in [0.25, 0.3) is 5.91 Å². The summed E-state index contributed by atoms with van der Waals surface area (Å²) in [5, 5.41) is 2.95. The lowest BCUT2D eigenvalue weighted by molar-refractivity contribution is -0.126. The Balaban J connectivity index is 1.45. The molecule has 0 saturated heterocycles.